The van der Waals surface area contributed by atoms with Crippen molar-refractivity contribution >= 4 is 46.3 Å². The van der Waals surface area contributed by atoms with Gasteiger partial charge in [-0.2, -0.15) is 0 Å². The first kappa shape index (κ1) is 32.4. The van der Waals surface area contributed by atoms with Gasteiger partial charge < -0.3 is 28.8 Å². The molecule has 1 N–H and O–H groups in total. The molecular weight excluding hydrogens is 659 g/mol. The Morgan fingerprint density at radius 1 is 0.917 bits per heavy atom. The molecule has 2 aromatic heterocycles. The molecule has 3 aliphatic rings. The van der Waals surface area contributed by atoms with Gasteiger partial charge in [0, 0.05) is 96.7 Å². The van der Waals surface area contributed by atoms with Crippen LogP contribution in [0.3, 0.4) is 0 Å². The molecule has 7 rings (SSSR count). The minimum Gasteiger partial charge on any atom is -0.460 e. The van der Waals surface area contributed by atoms with Gasteiger partial charge in [-0.25, -0.2) is 19.6 Å². The lowest BCUT2D eigenvalue weighted by molar-refractivity contribution is 0.0217. The van der Waals surface area contributed by atoms with Crippen molar-refractivity contribution in [2.75, 3.05) is 59.1 Å². The molecule has 48 heavy (non-hydrogen) atoms. The van der Waals surface area contributed by atoms with Gasteiger partial charge in [0.05, 0.1) is 13.2 Å². The van der Waals surface area contributed by atoms with Crippen LogP contribution in [0.15, 0.2) is 54.9 Å². The average molecular weight is 696 g/mol. The fraction of sp³-hybridized carbons (Fsp3) is 0.412. The largest absolute Gasteiger partial charge is 0.460 e. The molecule has 0 spiro atoms. The Bertz CT molecular complexity index is 1740. The summed E-state index contributed by atoms with van der Waals surface area (Å²) in [6.45, 7) is 5.69. The van der Waals surface area contributed by atoms with Gasteiger partial charge in [-0.05, 0) is 54.4 Å². The number of fused-ring (bicyclic) bond motifs is 3. The smallest absolute Gasteiger partial charge is 0.416 e. The van der Waals surface area contributed by atoms with E-state index in [1.165, 1.54) is 0 Å². The molecule has 0 aliphatic carbocycles. The van der Waals surface area contributed by atoms with Crippen LogP contribution in [0.1, 0.15) is 35.7 Å². The van der Waals surface area contributed by atoms with Crippen LogP contribution in [0.4, 0.5) is 9.59 Å². The lowest BCUT2D eigenvalue weighted by Gasteiger charge is -2.35. The number of H-pyrrole nitrogens is 1. The number of amides is 2. The number of rotatable bonds is 7. The molecule has 2 saturated heterocycles. The summed E-state index contributed by atoms with van der Waals surface area (Å²) in [6, 6.07) is 12.1. The van der Waals surface area contributed by atoms with E-state index in [9.17, 15) is 9.59 Å². The number of likely N-dealkylation sites (tertiary alicyclic amines) is 1. The molecule has 252 valence electrons. The number of piperidine rings is 1. The zero-order chi connectivity index (χ0) is 33.0. The van der Waals surface area contributed by atoms with E-state index in [2.05, 4.69) is 19.9 Å². The number of ether oxygens (including phenoxy) is 4. The van der Waals surface area contributed by atoms with Gasteiger partial charge in [0.1, 0.15) is 24.5 Å². The van der Waals surface area contributed by atoms with E-state index < -0.39 is 12.1 Å². The summed E-state index contributed by atoms with van der Waals surface area (Å²) in [5.74, 6) is 0.393. The first-order valence-corrected chi connectivity index (χ1v) is 16.9. The number of nitrogens with zero attached hydrogens (tertiary/aromatic N) is 5. The van der Waals surface area contributed by atoms with E-state index in [0.717, 1.165) is 35.2 Å². The molecule has 0 bridgehead atoms. The summed E-state index contributed by atoms with van der Waals surface area (Å²) >= 11 is 12.4. The van der Waals surface area contributed by atoms with E-state index >= 15 is 0 Å². The van der Waals surface area contributed by atoms with E-state index in [1.807, 2.05) is 18.2 Å². The maximum absolute atomic E-state index is 13.6. The number of carbonyl (C=O) groups is 2. The number of aromatic nitrogens is 3. The highest BCUT2D eigenvalue weighted by Gasteiger charge is 2.36. The molecule has 0 saturated carbocycles. The number of hydrogen-bond donors (Lipinski definition) is 1. The van der Waals surface area contributed by atoms with Crippen LogP contribution in [-0.4, -0.2) is 107 Å². The van der Waals surface area contributed by atoms with Crippen LogP contribution in [0.5, 0.6) is 11.8 Å². The minimum absolute atomic E-state index is 0.140. The third kappa shape index (κ3) is 7.31. The van der Waals surface area contributed by atoms with E-state index in [1.54, 1.807) is 46.5 Å². The number of halogens is 2. The van der Waals surface area contributed by atoms with E-state index in [4.69, 9.17) is 42.1 Å². The quantitative estimate of drug-likeness (QED) is 0.259. The Morgan fingerprint density at radius 3 is 2.40 bits per heavy atom. The monoisotopic (exact) mass is 694 g/mol. The molecule has 12 nitrogen and oxygen atoms in total. The third-order valence-electron chi connectivity index (χ3n) is 9.02. The zero-order valence-electron chi connectivity index (χ0n) is 26.3. The highest BCUT2D eigenvalue weighted by Crippen LogP contribution is 2.39. The molecule has 4 aromatic rings. The number of carbonyl (C=O) groups excluding carboxylic acids is 2. The number of morpholine rings is 1. The number of hydrogen-bond acceptors (Lipinski definition) is 9. The minimum atomic E-state index is -0.536. The van der Waals surface area contributed by atoms with Crippen molar-refractivity contribution < 1.29 is 28.5 Å². The van der Waals surface area contributed by atoms with Crippen LogP contribution in [0.25, 0.3) is 10.9 Å². The number of nitrogens with one attached hydrogen (secondary N) is 1. The summed E-state index contributed by atoms with van der Waals surface area (Å²) < 4.78 is 22.7. The highest BCUT2D eigenvalue weighted by molar-refractivity contribution is 6.31. The predicted molar refractivity (Wildman–Crippen MR) is 179 cm³/mol. The van der Waals surface area contributed by atoms with Crippen LogP contribution < -0.4 is 9.47 Å². The maximum atomic E-state index is 13.6. The summed E-state index contributed by atoms with van der Waals surface area (Å²) in [7, 11) is 0. The highest BCUT2D eigenvalue weighted by atomic mass is 35.5. The van der Waals surface area contributed by atoms with Crippen molar-refractivity contribution in [2.24, 2.45) is 0 Å². The molecule has 0 radical (unpaired) electrons. The lowest BCUT2D eigenvalue weighted by Crippen LogP contribution is -2.43. The first-order chi connectivity index (χ1) is 23.4. The van der Waals surface area contributed by atoms with Gasteiger partial charge in [-0.15, -0.1) is 0 Å². The van der Waals surface area contributed by atoms with Crippen molar-refractivity contribution in [3.05, 3.63) is 81.7 Å². The van der Waals surface area contributed by atoms with Gasteiger partial charge in [0.25, 0.3) is 0 Å². The molecule has 2 fully saturated rings. The van der Waals surface area contributed by atoms with Crippen molar-refractivity contribution in [3.63, 3.8) is 0 Å². The second-order valence-corrected chi connectivity index (χ2v) is 12.9. The second kappa shape index (κ2) is 14.6. The van der Waals surface area contributed by atoms with E-state index in [0.29, 0.717) is 86.6 Å². The number of aromatic amines is 1. The summed E-state index contributed by atoms with van der Waals surface area (Å²) in [5.41, 5.74) is 3.56. The van der Waals surface area contributed by atoms with Crippen molar-refractivity contribution in [2.45, 2.75) is 31.4 Å². The zero-order valence-corrected chi connectivity index (χ0v) is 27.8. The summed E-state index contributed by atoms with van der Waals surface area (Å²) in [6.07, 6.45) is 4.32. The standard InChI is InChI=1S/C34H36Cl2N6O6/c35-23-1-4-25(5-2-23)48-34(44)42-12-9-27-28-19-24(36)3-6-29(28)39-30(27)31(42)22-20-37-32(38-21-22)47-26-7-10-41(11-8-26)33(43)46-18-15-40-13-16-45-17-14-40/h1-6,19-21,26,31,39H,7-18H2/t31-/m0/s1. The second-order valence-electron chi connectivity index (χ2n) is 12.0. The van der Waals surface area contributed by atoms with Gasteiger partial charge in [-0.3, -0.25) is 9.80 Å². The number of benzene rings is 2. The average Bonchev–Trinajstić information content (AvgIpc) is 3.48. The van der Waals surface area contributed by atoms with Gasteiger partial charge in [-0.1, -0.05) is 23.2 Å². The van der Waals surface area contributed by atoms with Gasteiger partial charge >= 0.3 is 18.2 Å². The Labute approximate surface area is 287 Å². The molecular formula is C34H36Cl2N6O6. The first-order valence-electron chi connectivity index (χ1n) is 16.2. The Kier molecular flexibility index (Phi) is 9.85. The van der Waals surface area contributed by atoms with E-state index in [-0.39, 0.29) is 18.2 Å². The van der Waals surface area contributed by atoms with Crippen molar-refractivity contribution in [1.82, 2.24) is 29.7 Å². The van der Waals surface area contributed by atoms with Crippen LogP contribution in [0.2, 0.25) is 10.0 Å². The fourth-order valence-electron chi connectivity index (χ4n) is 6.48. The van der Waals surface area contributed by atoms with Crippen LogP contribution >= 0.6 is 23.2 Å². The Morgan fingerprint density at radius 2 is 1.65 bits per heavy atom. The lowest BCUT2D eigenvalue weighted by atomic mass is 9.94. The van der Waals surface area contributed by atoms with Crippen LogP contribution in [-0.2, 0) is 15.9 Å². The molecule has 2 amide bonds. The van der Waals surface area contributed by atoms with Gasteiger partial charge in [0.15, 0.2) is 0 Å². The normalized spacial score (nSPS) is 18.8. The van der Waals surface area contributed by atoms with Gasteiger partial charge in [0.2, 0.25) is 0 Å². The summed E-state index contributed by atoms with van der Waals surface area (Å²) in [4.78, 5) is 44.4. The molecule has 0 unspecified atom stereocenters. The molecule has 14 heteroatoms. The molecule has 2 aromatic carbocycles. The third-order valence-corrected chi connectivity index (χ3v) is 9.50. The molecule has 1 atom stereocenters. The SMILES string of the molecule is O=C(OCCN1CCOCC1)N1CCC(Oc2ncc([C@H]3c4[nH]c5ccc(Cl)cc5c4CCN3C(=O)Oc3ccc(Cl)cc3)cn2)CC1. The van der Waals surface area contributed by atoms with Crippen molar-refractivity contribution in [1.29, 1.82) is 0 Å². The summed E-state index contributed by atoms with van der Waals surface area (Å²) in [5, 5.41) is 2.21. The fourth-order valence-corrected chi connectivity index (χ4v) is 6.78. The predicted octanol–water partition coefficient (Wildman–Crippen LogP) is 5.72. The molecule has 5 heterocycles. The maximum Gasteiger partial charge on any atom is 0.416 e. The topological polar surface area (TPSA) is 122 Å². The van der Waals surface area contributed by atoms with Crippen molar-refractivity contribution in [3.8, 4) is 11.8 Å². The molecule has 3 aliphatic heterocycles. The Balaban J connectivity index is 1.01. The van der Waals surface area contributed by atoms with Crippen LogP contribution in [0, 0.1) is 0 Å². The Hall–Kier alpha value is -4.10.